The molecule has 0 heterocycles. The number of carboxylic acid groups (broad SMARTS) is 1. The summed E-state index contributed by atoms with van der Waals surface area (Å²) in [5.74, 6) is -0.0174. The number of carboxylic acids is 1. The van der Waals surface area contributed by atoms with Gasteiger partial charge in [-0.15, -0.1) is 11.6 Å². The van der Waals surface area contributed by atoms with Crippen LogP contribution in [0.3, 0.4) is 0 Å². The lowest BCUT2D eigenvalue weighted by Crippen LogP contribution is -1.78. The van der Waals surface area contributed by atoms with Crippen molar-refractivity contribution in [1.29, 1.82) is 0 Å². The fourth-order valence-electron chi connectivity index (χ4n) is 0.134. The molecule has 0 aliphatic carbocycles. The number of carbonyl (C=O) groups is 1. The summed E-state index contributed by atoms with van der Waals surface area (Å²) < 4.78 is 0. The van der Waals surface area contributed by atoms with Crippen LogP contribution in [0.25, 0.3) is 0 Å². The van der Waals surface area contributed by atoms with Crippen LogP contribution in [0.4, 0.5) is 0 Å². The number of halogens is 1. The highest BCUT2D eigenvalue weighted by Crippen LogP contribution is 1.86. The molecule has 11 heavy (non-hydrogen) atoms. The molecule has 0 fully saturated rings. The first-order valence-corrected chi connectivity index (χ1v) is 3.88. The molecule has 4 heteroatoms. The number of aliphatic hydroxyl groups is 1. The molecule has 0 bridgehead atoms. The summed E-state index contributed by atoms with van der Waals surface area (Å²) in [6, 6.07) is 0. The zero-order valence-corrected chi connectivity index (χ0v) is 8.06. The van der Waals surface area contributed by atoms with Gasteiger partial charge in [0.2, 0.25) is 0 Å². The lowest BCUT2D eigenvalue weighted by molar-refractivity contribution is -0.134. The van der Waals surface area contributed by atoms with Gasteiger partial charge in [-0.1, -0.05) is 13.3 Å². The van der Waals surface area contributed by atoms with E-state index in [9.17, 15) is 0 Å². The molecular formula is C7H17ClO3. The van der Waals surface area contributed by atoms with Crippen molar-refractivity contribution >= 4 is 17.6 Å². The fraction of sp³-hybridized carbons (Fsp3) is 0.857. The number of aliphatic carboxylic acids is 1. The Kier molecular flexibility index (Phi) is 34.9. The van der Waals surface area contributed by atoms with Gasteiger partial charge in [-0.05, 0) is 6.42 Å². The Hall–Kier alpha value is -0.280. The Labute approximate surface area is 73.0 Å². The molecule has 2 N–H and O–H groups in total. The zero-order valence-electron chi connectivity index (χ0n) is 7.30. The second kappa shape index (κ2) is 22.6. The second-order valence-electron chi connectivity index (χ2n) is 1.56. The lowest BCUT2D eigenvalue weighted by Gasteiger charge is -1.77. The molecule has 0 saturated carbocycles. The van der Waals surface area contributed by atoms with Crippen molar-refractivity contribution in [2.75, 3.05) is 13.0 Å². The SMILES string of the molecule is CC(=O)O.CCCCCl.CO. The minimum atomic E-state index is -0.833. The molecule has 0 aromatic rings. The van der Waals surface area contributed by atoms with Gasteiger partial charge in [-0.2, -0.15) is 0 Å². The van der Waals surface area contributed by atoms with Gasteiger partial charge in [0.25, 0.3) is 5.97 Å². The summed E-state index contributed by atoms with van der Waals surface area (Å²) in [4.78, 5) is 9.00. The Morgan fingerprint density at radius 2 is 1.73 bits per heavy atom. The second-order valence-corrected chi connectivity index (χ2v) is 1.94. The summed E-state index contributed by atoms with van der Waals surface area (Å²) in [7, 11) is 1.00. The van der Waals surface area contributed by atoms with E-state index in [0.29, 0.717) is 0 Å². The van der Waals surface area contributed by atoms with Crippen LogP contribution in [0, 0.1) is 0 Å². The summed E-state index contributed by atoms with van der Waals surface area (Å²) in [5, 5.41) is 14.4. The van der Waals surface area contributed by atoms with Gasteiger partial charge in [-0.25, -0.2) is 0 Å². The zero-order chi connectivity index (χ0) is 9.70. The van der Waals surface area contributed by atoms with Crippen molar-refractivity contribution in [3.8, 4) is 0 Å². The van der Waals surface area contributed by atoms with Crippen LogP contribution in [0.15, 0.2) is 0 Å². The Morgan fingerprint density at radius 1 is 1.45 bits per heavy atom. The predicted octanol–water partition coefficient (Wildman–Crippen LogP) is 1.72. The van der Waals surface area contributed by atoms with E-state index >= 15 is 0 Å². The molecule has 0 spiro atoms. The van der Waals surface area contributed by atoms with Gasteiger partial charge in [0, 0.05) is 19.9 Å². The monoisotopic (exact) mass is 184 g/mol. The molecule has 0 radical (unpaired) electrons. The smallest absolute Gasteiger partial charge is 0.300 e. The van der Waals surface area contributed by atoms with E-state index in [-0.39, 0.29) is 0 Å². The van der Waals surface area contributed by atoms with Crippen LogP contribution in [0.2, 0.25) is 0 Å². The van der Waals surface area contributed by atoms with Crippen LogP contribution in [-0.2, 0) is 4.79 Å². The molecule has 70 valence electrons. The number of alkyl halides is 1. The van der Waals surface area contributed by atoms with Gasteiger partial charge in [-0.3, -0.25) is 4.79 Å². The molecule has 0 rings (SSSR count). The van der Waals surface area contributed by atoms with E-state index in [1.807, 2.05) is 0 Å². The number of hydrogen-bond donors (Lipinski definition) is 2. The minimum absolute atomic E-state index is 0.816. The molecule has 0 unspecified atom stereocenters. The number of hydrogen-bond acceptors (Lipinski definition) is 2. The summed E-state index contributed by atoms with van der Waals surface area (Å²) in [6.45, 7) is 3.21. The first kappa shape index (κ1) is 17.0. The van der Waals surface area contributed by atoms with Crippen LogP contribution < -0.4 is 0 Å². The minimum Gasteiger partial charge on any atom is -0.481 e. The summed E-state index contributed by atoms with van der Waals surface area (Å²) in [5.41, 5.74) is 0. The lowest BCUT2D eigenvalue weighted by atomic mass is 10.4. The number of aliphatic hydroxyl groups excluding tert-OH is 1. The van der Waals surface area contributed by atoms with E-state index < -0.39 is 5.97 Å². The van der Waals surface area contributed by atoms with Crippen molar-refractivity contribution in [1.82, 2.24) is 0 Å². The van der Waals surface area contributed by atoms with Gasteiger partial charge >= 0.3 is 0 Å². The van der Waals surface area contributed by atoms with Crippen LogP contribution in [0.1, 0.15) is 26.7 Å². The molecule has 0 aliphatic heterocycles. The van der Waals surface area contributed by atoms with Crippen molar-refractivity contribution < 1.29 is 15.0 Å². The predicted molar refractivity (Wildman–Crippen MR) is 47.1 cm³/mol. The quantitative estimate of drug-likeness (QED) is 0.643. The summed E-state index contributed by atoms with van der Waals surface area (Å²) in [6.07, 6.45) is 2.37. The van der Waals surface area contributed by atoms with Crippen LogP contribution >= 0.6 is 11.6 Å². The standard InChI is InChI=1S/C4H9Cl.C2H4O2.CH4O/c1-2-3-4-5;1-2(3)4;1-2/h2-4H2,1H3;1H3,(H,3,4);2H,1H3. The Balaban J connectivity index is -0.0000000965. The van der Waals surface area contributed by atoms with Crippen molar-refractivity contribution in [3.05, 3.63) is 0 Å². The average molecular weight is 185 g/mol. The Morgan fingerprint density at radius 3 is 1.73 bits per heavy atom. The fourth-order valence-corrected chi connectivity index (χ4v) is 0.401. The van der Waals surface area contributed by atoms with Crippen LogP contribution in [0.5, 0.6) is 0 Å². The molecule has 0 aliphatic rings. The summed E-state index contributed by atoms with van der Waals surface area (Å²) >= 11 is 5.30. The molecule has 3 nitrogen and oxygen atoms in total. The Bertz CT molecular complexity index is 60.7. The topological polar surface area (TPSA) is 57.5 Å². The highest BCUT2D eigenvalue weighted by Gasteiger charge is 1.70. The number of unbranched alkanes of at least 4 members (excludes halogenated alkanes) is 1. The van der Waals surface area contributed by atoms with Gasteiger partial charge < -0.3 is 10.2 Å². The van der Waals surface area contributed by atoms with Gasteiger partial charge in [0.1, 0.15) is 0 Å². The number of rotatable bonds is 2. The molecular weight excluding hydrogens is 168 g/mol. The first-order chi connectivity index (χ1) is 5.15. The first-order valence-electron chi connectivity index (χ1n) is 3.35. The molecule has 0 amide bonds. The molecule has 0 saturated heterocycles. The van der Waals surface area contributed by atoms with E-state index in [4.69, 9.17) is 26.6 Å². The third kappa shape index (κ3) is 196. The van der Waals surface area contributed by atoms with E-state index in [1.54, 1.807) is 0 Å². The molecule has 0 atom stereocenters. The largest absolute Gasteiger partial charge is 0.481 e. The average Bonchev–Trinajstić information content (AvgIpc) is 1.93. The highest BCUT2D eigenvalue weighted by molar-refractivity contribution is 6.17. The molecule has 0 aromatic carbocycles. The third-order valence-corrected chi connectivity index (χ3v) is 0.754. The maximum Gasteiger partial charge on any atom is 0.300 e. The maximum atomic E-state index is 9.00. The van der Waals surface area contributed by atoms with Crippen molar-refractivity contribution in [2.45, 2.75) is 26.7 Å². The molecule has 0 aromatic heterocycles. The van der Waals surface area contributed by atoms with Crippen molar-refractivity contribution in [3.63, 3.8) is 0 Å². The van der Waals surface area contributed by atoms with E-state index in [0.717, 1.165) is 26.3 Å². The van der Waals surface area contributed by atoms with Crippen LogP contribution in [-0.4, -0.2) is 29.2 Å². The normalized spacial score (nSPS) is 6.64. The maximum absolute atomic E-state index is 9.00. The third-order valence-electron chi connectivity index (χ3n) is 0.487. The highest BCUT2D eigenvalue weighted by atomic mass is 35.5. The van der Waals surface area contributed by atoms with Gasteiger partial charge in [0.15, 0.2) is 0 Å². The van der Waals surface area contributed by atoms with Crippen molar-refractivity contribution in [2.24, 2.45) is 0 Å². The van der Waals surface area contributed by atoms with Gasteiger partial charge in [0.05, 0.1) is 0 Å². The van der Waals surface area contributed by atoms with E-state index in [1.165, 1.54) is 6.42 Å². The van der Waals surface area contributed by atoms with E-state index in [2.05, 4.69) is 6.92 Å².